The van der Waals surface area contributed by atoms with Crippen molar-refractivity contribution in [2.75, 3.05) is 43.0 Å². The fourth-order valence-electron chi connectivity index (χ4n) is 3.60. The second-order valence-electron chi connectivity index (χ2n) is 6.84. The van der Waals surface area contributed by atoms with Gasteiger partial charge in [-0.2, -0.15) is 0 Å². The Kier molecular flexibility index (Phi) is 4.16. The van der Waals surface area contributed by atoms with Gasteiger partial charge in [-0.25, -0.2) is 4.90 Å². The zero-order valence-electron chi connectivity index (χ0n) is 15.0. The second kappa shape index (κ2) is 6.51. The monoisotopic (exact) mass is 364 g/mol. The van der Waals surface area contributed by atoms with E-state index in [1.807, 2.05) is 12.1 Å². The van der Waals surface area contributed by atoms with Gasteiger partial charge in [-0.05, 0) is 43.4 Å². The molecule has 0 aliphatic carbocycles. The highest BCUT2D eigenvalue weighted by Gasteiger charge is 2.39. The molecule has 7 heteroatoms. The Balaban J connectivity index is 1.63. The first-order valence-corrected chi connectivity index (χ1v) is 8.82. The predicted octanol–water partition coefficient (Wildman–Crippen LogP) is 1.34. The number of piperazine rings is 1. The Morgan fingerprint density at radius 1 is 0.889 bits per heavy atom. The molecule has 0 radical (unpaired) electrons. The lowest BCUT2D eigenvalue weighted by molar-refractivity contribution is 0.0918. The van der Waals surface area contributed by atoms with E-state index in [1.165, 1.54) is 6.07 Å². The lowest BCUT2D eigenvalue weighted by Crippen LogP contribution is -2.44. The van der Waals surface area contributed by atoms with Crippen LogP contribution in [0.25, 0.3) is 0 Å². The number of likely N-dealkylation sites (N-methyl/N-ethyl adjacent to an activating group) is 1. The number of carbonyl (C=O) groups excluding carboxylic acids is 3. The normalized spacial score (nSPS) is 17.4. The summed E-state index contributed by atoms with van der Waals surface area (Å²) in [7, 11) is 2.10. The van der Waals surface area contributed by atoms with Crippen LogP contribution >= 0.6 is 0 Å². The molecule has 2 aliphatic heterocycles. The number of anilines is 2. The third-order valence-corrected chi connectivity index (χ3v) is 5.16. The number of imide groups is 1. The predicted molar refractivity (Wildman–Crippen MR) is 102 cm³/mol. The average Bonchev–Trinajstić information content (AvgIpc) is 2.93. The largest absolute Gasteiger partial charge is 0.369 e. The molecule has 1 saturated heterocycles. The fourth-order valence-corrected chi connectivity index (χ4v) is 3.60. The maximum atomic E-state index is 12.8. The summed E-state index contributed by atoms with van der Waals surface area (Å²) in [6, 6.07) is 11.9. The summed E-state index contributed by atoms with van der Waals surface area (Å²) in [6.45, 7) is 3.86. The molecule has 0 spiro atoms. The summed E-state index contributed by atoms with van der Waals surface area (Å²) in [4.78, 5) is 42.9. The van der Waals surface area contributed by atoms with Crippen LogP contribution in [0.3, 0.4) is 0 Å². The molecule has 3 amide bonds. The van der Waals surface area contributed by atoms with E-state index in [2.05, 4.69) is 16.8 Å². The summed E-state index contributed by atoms with van der Waals surface area (Å²) < 4.78 is 0. The van der Waals surface area contributed by atoms with Crippen LogP contribution in [0.15, 0.2) is 42.5 Å². The van der Waals surface area contributed by atoms with E-state index in [4.69, 9.17) is 5.73 Å². The van der Waals surface area contributed by atoms with Gasteiger partial charge in [0.05, 0.1) is 22.4 Å². The van der Waals surface area contributed by atoms with Gasteiger partial charge >= 0.3 is 0 Å². The number of amides is 3. The highest BCUT2D eigenvalue weighted by Crippen LogP contribution is 2.31. The van der Waals surface area contributed by atoms with Crippen molar-refractivity contribution >= 4 is 29.1 Å². The highest BCUT2D eigenvalue weighted by atomic mass is 16.2. The number of benzene rings is 2. The molecule has 7 nitrogen and oxygen atoms in total. The van der Waals surface area contributed by atoms with Gasteiger partial charge in [0.25, 0.3) is 11.8 Å². The van der Waals surface area contributed by atoms with Crippen molar-refractivity contribution in [1.29, 1.82) is 0 Å². The molecule has 1 fully saturated rings. The molecule has 2 N–H and O–H groups in total. The average molecular weight is 364 g/mol. The Hall–Kier alpha value is -3.19. The van der Waals surface area contributed by atoms with E-state index < -0.39 is 17.7 Å². The first-order valence-electron chi connectivity index (χ1n) is 8.82. The molecule has 0 saturated carbocycles. The van der Waals surface area contributed by atoms with Crippen LogP contribution in [-0.2, 0) is 0 Å². The minimum atomic E-state index is -0.722. The zero-order chi connectivity index (χ0) is 19.1. The molecule has 2 aromatic carbocycles. The van der Waals surface area contributed by atoms with Gasteiger partial charge in [-0.3, -0.25) is 14.4 Å². The Morgan fingerprint density at radius 2 is 1.52 bits per heavy atom. The van der Waals surface area contributed by atoms with Crippen LogP contribution in [0.4, 0.5) is 11.4 Å². The van der Waals surface area contributed by atoms with Gasteiger partial charge in [0.1, 0.15) is 0 Å². The van der Waals surface area contributed by atoms with Crippen molar-refractivity contribution in [2.24, 2.45) is 5.73 Å². The van der Waals surface area contributed by atoms with E-state index in [-0.39, 0.29) is 16.7 Å². The molecule has 2 aromatic rings. The Bertz CT molecular complexity index is 931. The molecule has 0 unspecified atom stereocenters. The number of nitrogens with zero attached hydrogens (tertiary/aromatic N) is 3. The van der Waals surface area contributed by atoms with Crippen LogP contribution in [-0.4, -0.2) is 55.8 Å². The van der Waals surface area contributed by atoms with Crippen molar-refractivity contribution in [3.05, 3.63) is 59.2 Å². The van der Waals surface area contributed by atoms with Crippen LogP contribution in [0.1, 0.15) is 31.1 Å². The summed E-state index contributed by atoms with van der Waals surface area (Å²) in [5.41, 5.74) is 7.26. The van der Waals surface area contributed by atoms with E-state index >= 15 is 0 Å². The number of primary amides is 1. The van der Waals surface area contributed by atoms with Crippen molar-refractivity contribution in [1.82, 2.24) is 4.90 Å². The third-order valence-electron chi connectivity index (χ3n) is 5.16. The van der Waals surface area contributed by atoms with Crippen LogP contribution < -0.4 is 15.5 Å². The number of hydrogen-bond donors (Lipinski definition) is 1. The molecular formula is C20H20N4O3. The van der Waals surface area contributed by atoms with Crippen LogP contribution in [0.5, 0.6) is 0 Å². The third kappa shape index (κ3) is 2.86. The fraction of sp³-hybridized carbons (Fsp3) is 0.250. The van der Waals surface area contributed by atoms with Crippen LogP contribution in [0, 0.1) is 0 Å². The van der Waals surface area contributed by atoms with E-state index in [0.717, 1.165) is 36.8 Å². The topological polar surface area (TPSA) is 86.9 Å². The van der Waals surface area contributed by atoms with Gasteiger partial charge in [-0.1, -0.05) is 6.07 Å². The standard InChI is InChI=1S/C20H20N4O3/c1-22-9-11-23(12-10-22)13-5-7-14(8-6-13)24-19(26)16-4-2-3-15(18(21)25)17(16)20(24)27/h2-8H,9-12H2,1H3,(H2,21,25). The Labute approximate surface area is 157 Å². The SMILES string of the molecule is CN1CCN(c2ccc(N3C(=O)c4cccc(C(N)=O)c4C3=O)cc2)CC1. The van der Waals surface area contributed by atoms with E-state index in [0.29, 0.717) is 5.69 Å². The number of hydrogen-bond acceptors (Lipinski definition) is 5. The smallest absolute Gasteiger partial charge is 0.266 e. The first kappa shape index (κ1) is 17.2. The minimum Gasteiger partial charge on any atom is -0.369 e. The molecule has 0 aromatic heterocycles. The molecule has 138 valence electrons. The molecule has 2 heterocycles. The quantitative estimate of drug-likeness (QED) is 0.831. The van der Waals surface area contributed by atoms with Gasteiger partial charge in [0.2, 0.25) is 5.91 Å². The number of rotatable bonds is 3. The second-order valence-corrected chi connectivity index (χ2v) is 6.84. The van der Waals surface area contributed by atoms with Crippen LogP contribution in [0.2, 0.25) is 0 Å². The summed E-state index contributed by atoms with van der Waals surface area (Å²) >= 11 is 0. The summed E-state index contributed by atoms with van der Waals surface area (Å²) in [6.07, 6.45) is 0. The maximum Gasteiger partial charge on any atom is 0.266 e. The number of nitrogens with two attached hydrogens (primary N) is 1. The highest BCUT2D eigenvalue weighted by molar-refractivity contribution is 6.36. The van der Waals surface area contributed by atoms with E-state index in [1.54, 1.807) is 24.3 Å². The molecular weight excluding hydrogens is 344 g/mol. The number of fused-ring (bicyclic) bond motifs is 1. The van der Waals surface area contributed by atoms with Crippen molar-refractivity contribution in [2.45, 2.75) is 0 Å². The lowest BCUT2D eigenvalue weighted by atomic mass is 10.0. The van der Waals surface area contributed by atoms with Crippen molar-refractivity contribution in [3.8, 4) is 0 Å². The molecule has 4 rings (SSSR count). The molecule has 2 aliphatic rings. The first-order chi connectivity index (χ1) is 13.0. The molecule has 0 bridgehead atoms. The van der Waals surface area contributed by atoms with Gasteiger partial charge in [-0.15, -0.1) is 0 Å². The van der Waals surface area contributed by atoms with E-state index in [9.17, 15) is 14.4 Å². The van der Waals surface area contributed by atoms with Crippen molar-refractivity contribution in [3.63, 3.8) is 0 Å². The summed E-state index contributed by atoms with van der Waals surface area (Å²) in [5.74, 6) is -1.68. The lowest BCUT2D eigenvalue weighted by Gasteiger charge is -2.34. The summed E-state index contributed by atoms with van der Waals surface area (Å²) in [5, 5.41) is 0. The Morgan fingerprint density at radius 3 is 2.15 bits per heavy atom. The van der Waals surface area contributed by atoms with Gasteiger partial charge in [0, 0.05) is 31.9 Å². The number of carbonyl (C=O) groups is 3. The van der Waals surface area contributed by atoms with Crippen molar-refractivity contribution < 1.29 is 14.4 Å². The van der Waals surface area contributed by atoms with Gasteiger partial charge in [0.15, 0.2) is 0 Å². The maximum absolute atomic E-state index is 12.8. The molecule has 27 heavy (non-hydrogen) atoms. The molecule has 0 atom stereocenters. The van der Waals surface area contributed by atoms with Gasteiger partial charge < -0.3 is 15.5 Å². The minimum absolute atomic E-state index is 0.0717. The zero-order valence-corrected chi connectivity index (χ0v) is 15.0.